The molecule has 0 radical (unpaired) electrons. The van der Waals surface area contributed by atoms with Gasteiger partial charge in [-0.05, 0) is 31.2 Å². The van der Waals surface area contributed by atoms with Crippen molar-refractivity contribution in [1.82, 2.24) is 34.3 Å². The number of benzene rings is 1. The molecule has 0 N–H and O–H groups in total. The molecule has 5 heterocycles. The smallest absolute Gasteiger partial charge is 0.167 e. The lowest BCUT2D eigenvalue weighted by Crippen LogP contribution is -2.37. The summed E-state index contributed by atoms with van der Waals surface area (Å²) in [5.41, 5.74) is 4.46. The summed E-state index contributed by atoms with van der Waals surface area (Å²) in [5.74, 6) is 2.33. The van der Waals surface area contributed by atoms with Gasteiger partial charge in [0.2, 0.25) is 0 Å². The van der Waals surface area contributed by atoms with Crippen molar-refractivity contribution in [2.75, 3.05) is 31.2 Å². The highest BCUT2D eigenvalue weighted by atomic mass is 16.5. The number of ether oxygens (including phenoxy) is 1. The Morgan fingerprint density at radius 2 is 1.71 bits per heavy atom. The number of pyridine rings is 1. The Kier molecular flexibility index (Phi) is 5.23. The Bertz CT molecular complexity index is 1420. The maximum atomic E-state index is 5.59. The van der Waals surface area contributed by atoms with E-state index in [1.807, 2.05) is 59.5 Å². The van der Waals surface area contributed by atoms with Crippen molar-refractivity contribution in [2.45, 2.75) is 13.5 Å². The molecule has 0 bridgehead atoms. The van der Waals surface area contributed by atoms with E-state index in [2.05, 4.69) is 26.5 Å². The highest BCUT2D eigenvalue weighted by Crippen LogP contribution is 2.31. The van der Waals surface area contributed by atoms with Gasteiger partial charge in [0.15, 0.2) is 22.8 Å². The molecule has 1 aliphatic heterocycles. The molecule has 0 unspecified atom stereocenters. The highest BCUT2D eigenvalue weighted by molar-refractivity contribution is 5.89. The monoisotopic (exact) mass is 452 g/mol. The molecule has 0 aliphatic carbocycles. The van der Waals surface area contributed by atoms with Crippen molar-refractivity contribution in [3.05, 3.63) is 67.3 Å². The number of hydrogen-bond donors (Lipinski definition) is 0. The lowest BCUT2D eigenvalue weighted by Gasteiger charge is -2.28. The van der Waals surface area contributed by atoms with Gasteiger partial charge in [0.05, 0.1) is 30.7 Å². The number of nitrogens with zero attached hydrogens (tertiary/aromatic N) is 8. The fraction of sp³-hybridized carbons (Fsp3) is 0.240. The summed E-state index contributed by atoms with van der Waals surface area (Å²) in [7, 11) is 0. The molecule has 9 nitrogen and oxygen atoms in total. The second-order valence-corrected chi connectivity index (χ2v) is 8.07. The van der Waals surface area contributed by atoms with Crippen LogP contribution in [0.2, 0.25) is 0 Å². The van der Waals surface area contributed by atoms with Gasteiger partial charge in [0.1, 0.15) is 5.82 Å². The molecule has 4 aromatic heterocycles. The maximum Gasteiger partial charge on any atom is 0.167 e. The van der Waals surface area contributed by atoms with Crippen LogP contribution in [0.1, 0.15) is 6.92 Å². The second-order valence-electron chi connectivity index (χ2n) is 8.07. The zero-order chi connectivity index (χ0) is 22.9. The number of morpholine rings is 1. The molecule has 0 atom stereocenters. The number of rotatable bonds is 5. The van der Waals surface area contributed by atoms with E-state index >= 15 is 0 Å². The largest absolute Gasteiger partial charge is 0.378 e. The summed E-state index contributed by atoms with van der Waals surface area (Å²) in [6.07, 6.45) is 7.35. The average Bonchev–Trinajstić information content (AvgIpc) is 3.55. The van der Waals surface area contributed by atoms with Crippen LogP contribution in [0.25, 0.3) is 39.6 Å². The summed E-state index contributed by atoms with van der Waals surface area (Å²) in [4.78, 5) is 21.4. The van der Waals surface area contributed by atoms with Crippen LogP contribution in [0.5, 0.6) is 0 Å². The number of fused-ring (bicyclic) bond motifs is 1. The molecule has 170 valence electrons. The van der Waals surface area contributed by atoms with E-state index in [0.29, 0.717) is 19.0 Å². The first-order valence-corrected chi connectivity index (χ1v) is 11.4. The standard InChI is InChI=1S/C25H24N8O/c1-2-32-23(18-8-10-26-11-9-18)28-21-24(31-12-14-34-15-13-31)29-22(30-25(21)32)19-16-27-33(17-19)20-6-4-3-5-7-20/h3-11,16-17H,2,12-15H2,1H3. The van der Waals surface area contributed by atoms with Gasteiger partial charge in [-0.1, -0.05) is 18.2 Å². The molecule has 1 fully saturated rings. The van der Waals surface area contributed by atoms with E-state index in [9.17, 15) is 0 Å². The van der Waals surface area contributed by atoms with Crippen molar-refractivity contribution in [3.8, 4) is 28.5 Å². The Morgan fingerprint density at radius 3 is 2.47 bits per heavy atom. The molecule has 5 aromatic rings. The van der Waals surface area contributed by atoms with Crippen molar-refractivity contribution in [2.24, 2.45) is 0 Å². The second kappa shape index (κ2) is 8.68. The normalized spacial score (nSPS) is 14.1. The first-order chi connectivity index (χ1) is 16.8. The van der Waals surface area contributed by atoms with Crippen LogP contribution in [-0.4, -0.2) is 60.6 Å². The summed E-state index contributed by atoms with van der Waals surface area (Å²) in [6.45, 7) is 5.69. The lowest BCUT2D eigenvalue weighted by molar-refractivity contribution is 0.122. The molecule has 1 saturated heterocycles. The minimum atomic E-state index is 0.632. The van der Waals surface area contributed by atoms with Crippen LogP contribution in [0, 0.1) is 0 Å². The molecule has 9 heteroatoms. The fourth-order valence-electron chi connectivity index (χ4n) is 4.29. The van der Waals surface area contributed by atoms with E-state index in [0.717, 1.165) is 59.3 Å². The third-order valence-corrected chi connectivity index (χ3v) is 6.00. The van der Waals surface area contributed by atoms with Crippen molar-refractivity contribution in [3.63, 3.8) is 0 Å². The minimum absolute atomic E-state index is 0.632. The number of aryl methyl sites for hydroxylation is 1. The Hall–Kier alpha value is -4.11. The molecular formula is C25H24N8O. The van der Waals surface area contributed by atoms with Gasteiger partial charge in [0, 0.05) is 43.8 Å². The summed E-state index contributed by atoms with van der Waals surface area (Å²) < 4.78 is 9.57. The lowest BCUT2D eigenvalue weighted by atomic mass is 10.2. The van der Waals surface area contributed by atoms with Crippen LogP contribution in [0.4, 0.5) is 5.82 Å². The number of para-hydroxylation sites is 1. The van der Waals surface area contributed by atoms with Crippen LogP contribution in [-0.2, 0) is 11.3 Å². The topological polar surface area (TPSA) is 86.8 Å². The summed E-state index contributed by atoms with van der Waals surface area (Å²) in [5, 5.41) is 4.55. The SMILES string of the molecule is CCn1c(-c2ccncc2)nc2c(N3CCOCC3)nc(-c3cnn(-c4ccccc4)c3)nc21. The fourth-order valence-corrected chi connectivity index (χ4v) is 4.29. The minimum Gasteiger partial charge on any atom is -0.378 e. The average molecular weight is 453 g/mol. The van der Waals surface area contributed by atoms with Gasteiger partial charge >= 0.3 is 0 Å². The van der Waals surface area contributed by atoms with Gasteiger partial charge in [-0.2, -0.15) is 5.10 Å². The van der Waals surface area contributed by atoms with Crippen molar-refractivity contribution < 1.29 is 4.74 Å². The quantitative estimate of drug-likeness (QED) is 0.403. The summed E-state index contributed by atoms with van der Waals surface area (Å²) >= 11 is 0. The number of imidazole rings is 1. The molecule has 0 amide bonds. The highest BCUT2D eigenvalue weighted by Gasteiger charge is 2.24. The molecule has 1 aliphatic rings. The zero-order valence-electron chi connectivity index (χ0n) is 18.9. The number of hydrogen-bond acceptors (Lipinski definition) is 7. The zero-order valence-corrected chi connectivity index (χ0v) is 18.9. The summed E-state index contributed by atoms with van der Waals surface area (Å²) in [6, 6.07) is 14.0. The van der Waals surface area contributed by atoms with Gasteiger partial charge in [-0.15, -0.1) is 0 Å². The van der Waals surface area contributed by atoms with Gasteiger partial charge in [-0.25, -0.2) is 19.6 Å². The Balaban J connectivity index is 1.54. The Labute approximate surface area is 196 Å². The van der Waals surface area contributed by atoms with Gasteiger partial charge in [0.25, 0.3) is 0 Å². The third kappa shape index (κ3) is 3.60. The predicted molar refractivity (Wildman–Crippen MR) is 130 cm³/mol. The van der Waals surface area contributed by atoms with E-state index in [-0.39, 0.29) is 0 Å². The Morgan fingerprint density at radius 1 is 0.912 bits per heavy atom. The molecule has 6 rings (SSSR count). The predicted octanol–water partition coefficient (Wildman–Crippen LogP) is 3.60. The molecule has 1 aromatic carbocycles. The molecule has 0 spiro atoms. The first-order valence-electron chi connectivity index (χ1n) is 11.4. The van der Waals surface area contributed by atoms with Crippen LogP contribution in [0.3, 0.4) is 0 Å². The van der Waals surface area contributed by atoms with E-state index in [1.54, 1.807) is 12.4 Å². The van der Waals surface area contributed by atoms with E-state index < -0.39 is 0 Å². The van der Waals surface area contributed by atoms with E-state index in [4.69, 9.17) is 19.7 Å². The van der Waals surface area contributed by atoms with E-state index in [1.165, 1.54) is 0 Å². The third-order valence-electron chi connectivity index (χ3n) is 6.00. The van der Waals surface area contributed by atoms with Gasteiger partial charge in [-0.3, -0.25) is 4.98 Å². The maximum absolute atomic E-state index is 5.59. The van der Waals surface area contributed by atoms with Crippen LogP contribution >= 0.6 is 0 Å². The van der Waals surface area contributed by atoms with Gasteiger partial charge < -0.3 is 14.2 Å². The van der Waals surface area contributed by atoms with Crippen LogP contribution in [0.15, 0.2) is 67.3 Å². The number of anilines is 1. The molecule has 34 heavy (non-hydrogen) atoms. The first kappa shape index (κ1) is 20.5. The number of aromatic nitrogens is 7. The molecule has 0 saturated carbocycles. The van der Waals surface area contributed by atoms with Crippen molar-refractivity contribution in [1.29, 1.82) is 0 Å². The molecular weight excluding hydrogens is 428 g/mol. The van der Waals surface area contributed by atoms with Crippen LogP contribution < -0.4 is 4.90 Å². The van der Waals surface area contributed by atoms with Crippen molar-refractivity contribution >= 4 is 17.0 Å².